The molecule has 2 aromatic rings. The van der Waals surface area contributed by atoms with Crippen LogP contribution in [0.2, 0.25) is 0 Å². The SMILES string of the molecule is Cc1c(F)cccc1-c1nc(N)no1. The molecule has 0 aliphatic heterocycles. The molecule has 2 rings (SSSR count). The van der Waals surface area contributed by atoms with E-state index in [0.717, 1.165) is 0 Å². The molecule has 1 aromatic heterocycles. The highest BCUT2D eigenvalue weighted by Crippen LogP contribution is 2.23. The van der Waals surface area contributed by atoms with Crippen LogP contribution in [-0.2, 0) is 0 Å². The molecular weight excluding hydrogens is 185 g/mol. The normalized spacial score (nSPS) is 10.4. The number of nitrogens with zero attached hydrogens (tertiary/aromatic N) is 2. The van der Waals surface area contributed by atoms with Crippen molar-refractivity contribution in [1.29, 1.82) is 0 Å². The van der Waals surface area contributed by atoms with Crippen molar-refractivity contribution in [2.75, 3.05) is 5.73 Å². The van der Waals surface area contributed by atoms with Crippen LogP contribution in [0, 0.1) is 12.7 Å². The maximum Gasteiger partial charge on any atom is 0.261 e. The number of benzene rings is 1. The average molecular weight is 193 g/mol. The van der Waals surface area contributed by atoms with E-state index >= 15 is 0 Å². The van der Waals surface area contributed by atoms with E-state index in [4.69, 9.17) is 10.3 Å². The highest BCUT2D eigenvalue weighted by Gasteiger charge is 2.11. The predicted molar refractivity (Wildman–Crippen MR) is 48.8 cm³/mol. The number of hydrogen-bond acceptors (Lipinski definition) is 4. The fraction of sp³-hybridized carbons (Fsp3) is 0.111. The smallest absolute Gasteiger partial charge is 0.261 e. The Kier molecular flexibility index (Phi) is 1.92. The first kappa shape index (κ1) is 8.68. The number of rotatable bonds is 1. The Labute approximate surface area is 79.5 Å². The summed E-state index contributed by atoms with van der Waals surface area (Å²) in [5.74, 6) is -0.0255. The molecule has 2 N–H and O–H groups in total. The first-order valence-corrected chi connectivity index (χ1v) is 4.03. The van der Waals surface area contributed by atoms with Crippen molar-refractivity contribution in [2.45, 2.75) is 6.92 Å². The van der Waals surface area contributed by atoms with E-state index in [1.165, 1.54) is 6.07 Å². The molecule has 0 bridgehead atoms. The molecule has 0 saturated carbocycles. The minimum atomic E-state index is -0.306. The highest BCUT2D eigenvalue weighted by atomic mass is 19.1. The summed E-state index contributed by atoms with van der Waals surface area (Å²) in [6.45, 7) is 1.64. The van der Waals surface area contributed by atoms with Crippen LogP contribution in [0.25, 0.3) is 11.5 Å². The van der Waals surface area contributed by atoms with Crippen LogP contribution in [0.3, 0.4) is 0 Å². The summed E-state index contributed by atoms with van der Waals surface area (Å²) in [6.07, 6.45) is 0. The lowest BCUT2D eigenvalue weighted by Crippen LogP contribution is -1.89. The van der Waals surface area contributed by atoms with Gasteiger partial charge in [0, 0.05) is 5.56 Å². The molecule has 0 fully saturated rings. The zero-order chi connectivity index (χ0) is 10.1. The van der Waals surface area contributed by atoms with E-state index in [0.29, 0.717) is 11.1 Å². The van der Waals surface area contributed by atoms with Crippen molar-refractivity contribution in [3.8, 4) is 11.5 Å². The Bertz CT molecular complexity index is 467. The molecule has 72 valence electrons. The van der Waals surface area contributed by atoms with Crippen LogP contribution < -0.4 is 5.73 Å². The van der Waals surface area contributed by atoms with E-state index in [9.17, 15) is 4.39 Å². The lowest BCUT2D eigenvalue weighted by Gasteiger charge is -2.00. The van der Waals surface area contributed by atoms with Crippen LogP contribution in [0.15, 0.2) is 22.7 Å². The molecule has 0 amide bonds. The molecule has 0 atom stereocenters. The summed E-state index contributed by atoms with van der Waals surface area (Å²) >= 11 is 0. The third-order valence-corrected chi connectivity index (χ3v) is 1.94. The van der Waals surface area contributed by atoms with Gasteiger partial charge in [0.1, 0.15) is 5.82 Å². The Morgan fingerprint density at radius 1 is 1.43 bits per heavy atom. The number of nitrogen functional groups attached to an aromatic ring is 1. The third kappa shape index (κ3) is 1.32. The number of halogens is 1. The Morgan fingerprint density at radius 3 is 2.86 bits per heavy atom. The van der Waals surface area contributed by atoms with E-state index in [-0.39, 0.29) is 17.7 Å². The quantitative estimate of drug-likeness (QED) is 0.749. The number of anilines is 1. The zero-order valence-corrected chi connectivity index (χ0v) is 7.49. The number of nitrogens with two attached hydrogens (primary N) is 1. The maximum atomic E-state index is 13.2. The molecule has 4 nitrogen and oxygen atoms in total. The van der Waals surface area contributed by atoms with Gasteiger partial charge in [-0.15, -0.1) is 0 Å². The molecule has 0 aliphatic carbocycles. The van der Waals surface area contributed by atoms with Crippen LogP contribution in [0.5, 0.6) is 0 Å². The van der Waals surface area contributed by atoms with E-state index in [1.807, 2.05) is 0 Å². The van der Waals surface area contributed by atoms with Crippen LogP contribution >= 0.6 is 0 Å². The maximum absolute atomic E-state index is 13.2. The third-order valence-electron chi connectivity index (χ3n) is 1.94. The van der Waals surface area contributed by atoms with Crippen molar-refractivity contribution in [3.05, 3.63) is 29.6 Å². The lowest BCUT2D eigenvalue weighted by atomic mass is 10.1. The van der Waals surface area contributed by atoms with Gasteiger partial charge in [0.2, 0.25) is 0 Å². The van der Waals surface area contributed by atoms with Crippen molar-refractivity contribution >= 4 is 5.95 Å². The van der Waals surface area contributed by atoms with Crippen LogP contribution in [-0.4, -0.2) is 10.1 Å². The standard InChI is InChI=1S/C9H8FN3O/c1-5-6(3-2-4-7(5)10)8-12-9(11)13-14-8/h2-4H,1H3,(H2,11,13). The average Bonchev–Trinajstić information content (AvgIpc) is 2.57. The number of hydrogen-bond donors (Lipinski definition) is 1. The first-order chi connectivity index (χ1) is 6.68. The van der Waals surface area contributed by atoms with Gasteiger partial charge in [-0.1, -0.05) is 6.07 Å². The first-order valence-electron chi connectivity index (χ1n) is 4.03. The second kappa shape index (κ2) is 3.10. The van der Waals surface area contributed by atoms with Gasteiger partial charge < -0.3 is 10.3 Å². The summed E-state index contributed by atoms with van der Waals surface area (Å²) in [7, 11) is 0. The van der Waals surface area contributed by atoms with E-state index in [1.54, 1.807) is 19.1 Å². The molecule has 14 heavy (non-hydrogen) atoms. The van der Waals surface area contributed by atoms with Crippen molar-refractivity contribution in [3.63, 3.8) is 0 Å². The van der Waals surface area contributed by atoms with E-state index in [2.05, 4.69) is 10.1 Å². The predicted octanol–water partition coefficient (Wildman–Crippen LogP) is 1.77. The number of aromatic nitrogens is 2. The summed E-state index contributed by atoms with van der Waals surface area (Å²) < 4.78 is 18.0. The topological polar surface area (TPSA) is 64.9 Å². The molecular formula is C9H8FN3O. The molecule has 0 aliphatic rings. The highest BCUT2D eigenvalue weighted by molar-refractivity contribution is 5.58. The van der Waals surface area contributed by atoms with Gasteiger partial charge in [-0.05, 0) is 29.8 Å². The minimum absolute atomic E-state index is 0.0451. The van der Waals surface area contributed by atoms with Crippen LogP contribution in [0.1, 0.15) is 5.56 Å². The van der Waals surface area contributed by atoms with Crippen molar-refractivity contribution in [2.24, 2.45) is 0 Å². The van der Waals surface area contributed by atoms with Crippen molar-refractivity contribution in [1.82, 2.24) is 10.1 Å². The van der Waals surface area contributed by atoms with Gasteiger partial charge in [-0.3, -0.25) is 0 Å². The summed E-state index contributed by atoms with van der Waals surface area (Å²) in [6, 6.07) is 4.65. The molecule has 1 aromatic carbocycles. The van der Waals surface area contributed by atoms with Crippen LogP contribution in [0.4, 0.5) is 10.3 Å². The van der Waals surface area contributed by atoms with Gasteiger partial charge in [-0.25, -0.2) is 4.39 Å². The molecule has 1 heterocycles. The minimum Gasteiger partial charge on any atom is -0.365 e. The molecule has 0 radical (unpaired) electrons. The monoisotopic (exact) mass is 193 g/mol. The van der Waals surface area contributed by atoms with Crippen molar-refractivity contribution < 1.29 is 8.91 Å². The summed E-state index contributed by atoms with van der Waals surface area (Å²) in [5.41, 5.74) is 6.33. The summed E-state index contributed by atoms with van der Waals surface area (Å²) in [4.78, 5) is 3.82. The molecule has 5 heteroatoms. The van der Waals surface area contributed by atoms with Gasteiger partial charge in [0.15, 0.2) is 0 Å². The fourth-order valence-electron chi connectivity index (χ4n) is 1.18. The lowest BCUT2D eigenvalue weighted by molar-refractivity contribution is 0.432. The summed E-state index contributed by atoms with van der Waals surface area (Å²) in [5, 5.41) is 3.43. The second-order valence-electron chi connectivity index (χ2n) is 2.87. The molecule has 0 spiro atoms. The van der Waals surface area contributed by atoms with Gasteiger partial charge in [-0.2, -0.15) is 4.98 Å². The largest absolute Gasteiger partial charge is 0.365 e. The zero-order valence-electron chi connectivity index (χ0n) is 7.49. The Hall–Kier alpha value is -1.91. The van der Waals surface area contributed by atoms with E-state index < -0.39 is 0 Å². The fourth-order valence-corrected chi connectivity index (χ4v) is 1.18. The van der Waals surface area contributed by atoms with Gasteiger partial charge in [0.05, 0.1) is 0 Å². The Morgan fingerprint density at radius 2 is 2.21 bits per heavy atom. The Balaban J connectivity index is 2.57. The van der Waals surface area contributed by atoms with Gasteiger partial charge in [0.25, 0.3) is 11.8 Å². The molecule has 0 unspecified atom stereocenters. The van der Waals surface area contributed by atoms with Gasteiger partial charge >= 0.3 is 0 Å². The molecule has 0 saturated heterocycles. The second-order valence-corrected chi connectivity index (χ2v) is 2.87.